The van der Waals surface area contributed by atoms with Crippen LogP contribution in [0.5, 0.6) is 0 Å². The van der Waals surface area contributed by atoms with Crippen molar-refractivity contribution >= 4 is 11.6 Å². The quantitative estimate of drug-likeness (QED) is 0.893. The molecule has 0 saturated carbocycles. The number of rotatable bonds is 2. The Morgan fingerprint density at radius 3 is 2.06 bits per heavy atom. The summed E-state index contributed by atoms with van der Waals surface area (Å²) in [5.74, 6) is -0.394. The smallest absolute Gasteiger partial charge is 0.226 e. The molecular weight excluding hydrogens is 282 g/mol. The molecule has 1 N–H and O–H groups in total. The Kier molecular flexibility index (Phi) is 6.35. The first-order valence-electron chi connectivity index (χ1n) is 4.99. The van der Waals surface area contributed by atoms with Crippen LogP contribution in [0.3, 0.4) is 0 Å². The second-order valence-electron chi connectivity index (χ2n) is 4.06. The monoisotopic (exact) mass is 298 g/mol. The Morgan fingerprint density at radius 2 is 1.69 bits per heavy atom. The van der Waals surface area contributed by atoms with Crippen molar-refractivity contribution in [1.29, 1.82) is 0 Å². The number of hydrogen-bond acceptors (Lipinski definition) is 1. The Hall–Kier alpha value is -0.276. The largest absolute Gasteiger partial charge is 0.325 e. The Balaban J connectivity index is 0.00000225. The van der Waals surface area contributed by atoms with Gasteiger partial charge in [0.2, 0.25) is 5.91 Å². The Morgan fingerprint density at radius 1 is 1.25 bits per heavy atom. The predicted molar refractivity (Wildman–Crippen MR) is 59.3 cm³/mol. The van der Waals surface area contributed by atoms with E-state index in [0.717, 1.165) is 16.8 Å². The molecule has 1 amide bonds. The fraction of sp³-hybridized carbons (Fsp3) is 0.417. The molecule has 16 heavy (non-hydrogen) atoms. The van der Waals surface area contributed by atoms with Crippen molar-refractivity contribution in [2.24, 2.45) is 5.92 Å². The van der Waals surface area contributed by atoms with Gasteiger partial charge in [0.15, 0.2) is 0 Å². The van der Waals surface area contributed by atoms with Gasteiger partial charge in [-0.3, -0.25) is 4.79 Å². The minimum absolute atomic E-state index is 0. The van der Waals surface area contributed by atoms with Gasteiger partial charge in [-0.1, -0.05) is 13.8 Å². The molecule has 85 valence electrons. The molecule has 0 aliphatic heterocycles. The number of anilines is 1. The number of amides is 1. The van der Waals surface area contributed by atoms with Crippen LogP contribution in [0.1, 0.15) is 25.0 Å². The number of nitrogens with one attached hydrogen (secondary N) is 1. The average molecular weight is 298 g/mol. The SMILES string of the molecule is Cc1cc(F)cc(C)c1NC(=O)C(C)C.[Y]. The summed E-state index contributed by atoms with van der Waals surface area (Å²) in [6.45, 7) is 7.21. The molecule has 0 unspecified atom stereocenters. The van der Waals surface area contributed by atoms with Crippen molar-refractivity contribution in [3.8, 4) is 0 Å². The second-order valence-corrected chi connectivity index (χ2v) is 4.06. The van der Waals surface area contributed by atoms with Crippen LogP contribution in [0.2, 0.25) is 0 Å². The number of aryl methyl sites for hydroxylation is 2. The molecule has 0 spiro atoms. The summed E-state index contributed by atoms with van der Waals surface area (Å²) in [6, 6.07) is 2.84. The molecule has 0 heterocycles. The van der Waals surface area contributed by atoms with Crippen LogP contribution < -0.4 is 5.32 Å². The third-order valence-electron chi connectivity index (χ3n) is 2.27. The molecule has 1 rings (SSSR count). The molecule has 1 radical (unpaired) electrons. The molecule has 4 heteroatoms. The minimum atomic E-state index is -0.271. The maximum Gasteiger partial charge on any atom is 0.226 e. The van der Waals surface area contributed by atoms with E-state index in [0.29, 0.717) is 0 Å². The van der Waals surface area contributed by atoms with Crippen molar-refractivity contribution in [3.05, 3.63) is 29.1 Å². The second kappa shape index (κ2) is 6.46. The van der Waals surface area contributed by atoms with Gasteiger partial charge in [0.1, 0.15) is 5.82 Å². The summed E-state index contributed by atoms with van der Waals surface area (Å²) in [5, 5.41) is 2.80. The normalized spacial score (nSPS) is 9.88. The van der Waals surface area contributed by atoms with Gasteiger partial charge < -0.3 is 5.32 Å². The molecule has 0 fully saturated rings. The van der Waals surface area contributed by atoms with E-state index >= 15 is 0 Å². The fourth-order valence-electron chi connectivity index (χ4n) is 1.38. The first kappa shape index (κ1) is 15.7. The minimum Gasteiger partial charge on any atom is -0.325 e. The van der Waals surface area contributed by atoms with Crippen LogP contribution in [0.4, 0.5) is 10.1 Å². The topological polar surface area (TPSA) is 29.1 Å². The Bertz CT molecular complexity index is 368. The van der Waals surface area contributed by atoms with Crippen LogP contribution in [0.25, 0.3) is 0 Å². The van der Waals surface area contributed by atoms with E-state index in [1.165, 1.54) is 12.1 Å². The van der Waals surface area contributed by atoms with E-state index < -0.39 is 0 Å². The third kappa shape index (κ3) is 3.95. The Labute approximate surface area is 121 Å². The fourth-order valence-corrected chi connectivity index (χ4v) is 1.38. The number of halogens is 1. The van der Waals surface area contributed by atoms with Crippen molar-refractivity contribution in [1.82, 2.24) is 0 Å². The van der Waals surface area contributed by atoms with Gasteiger partial charge in [-0.15, -0.1) is 0 Å². The van der Waals surface area contributed by atoms with E-state index in [2.05, 4.69) is 5.32 Å². The van der Waals surface area contributed by atoms with Crippen molar-refractivity contribution in [3.63, 3.8) is 0 Å². The summed E-state index contributed by atoms with van der Waals surface area (Å²) in [5.41, 5.74) is 2.22. The number of benzene rings is 1. The first-order chi connectivity index (χ1) is 6.91. The third-order valence-corrected chi connectivity index (χ3v) is 2.27. The van der Waals surface area contributed by atoms with E-state index in [1.54, 1.807) is 13.8 Å². The summed E-state index contributed by atoms with van der Waals surface area (Å²) in [6.07, 6.45) is 0. The zero-order valence-electron chi connectivity index (χ0n) is 10.1. The van der Waals surface area contributed by atoms with Crippen molar-refractivity contribution in [2.75, 3.05) is 5.32 Å². The van der Waals surface area contributed by atoms with Gasteiger partial charge in [0.05, 0.1) is 0 Å². The molecule has 1 aromatic rings. The zero-order valence-corrected chi connectivity index (χ0v) is 12.9. The van der Waals surface area contributed by atoms with Gasteiger partial charge in [-0.2, -0.15) is 0 Å². The van der Waals surface area contributed by atoms with Gasteiger partial charge in [-0.25, -0.2) is 4.39 Å². The van der Waals surface area contributed by atoms with E-state index in [-0.39, 0.29) is 50.4 Å². The van der Waals surface area contributed by atoms with E-state index in [4.69, 9.17) is 0 Å². The van der Waals surface area contributed by atoms with Gasteiger partial charge in [-0.05, 0) is 37.1 Å². The van der Waals surface area contributed by atoms with Crippen molar-refractivity contribution in [2.45, 2.75) is 27.7 Å². The van der Waals surface area contributed by atoms with Gasteiger partial charge in [0.25, 0.3) is 0 Å². The van der Waals surface area contributed by atoms with Crippen LogP contribution >= 0.6 is 0 Å². The van der Waals surface area contributed by atoms with Gasteiger partial charge >= 0.3 is 0 Å². The van der Waals surface area contributed by atoms with E-state index in [9.17, 15) is 9.18 Å². The maximum absolute atomic E-state index is 13.0. The summed E-state index contributed by atoms with van der Waals surface area (Å²) >= 11 is 0. The number of carbonyl (C=O) groups excluding carboxylic acids is 1. The summed E-state index contributed by atoms with van der Waals surface area (Å²) in [7, 11) is 0. The molecule has 2 nitrogen and oxygen atoms in total. The maximum atomic E-state index is 13.0. The van der Waals surface area contributed by atoms with Crippen LogP contribution in [-0.4, -0.2) is 5.91 Å². The van der Waals surface area contributed by atoms with Crippen molar-refractivity contribution < 1.29 is 41.9 Å². The molecule has 0 saturated heterocycles. The molecule has 0 aromatic heterocycles. The van der Waals surface area contributed by atoms with Crippen LogP contribution in [0, 0.1) is 25.6 Å². The van der Waals surface area contributed by atoms with Crippen LogP contribution in [0.15, 0.2) is 12.1 Å². The predicted octanol–water partition coefficient (Wildman–Crippen LogP) is 3.03. The summed E-state index contributed by atoms with van der Waals surface area (Å²) in [4.78, 5) is 11.5. The molecule has 0 bridgehead atoms. The standard InChI is InChI=1S/C12H16FNO.Y/c1-7(2)12(15)14-11-8(3)5-10(13)6-9(11)4;/h5-7H,1-4H3,(H,14,15);. The zero-order chi connectivity index (χ0) is 11.6. The molecule has 0 aliphatic carbocycles. The first-order valence-corrected chi connectivity index (χ1v) is 4.99. The molecule has 0 aliphatic rings. The molecule has 1 aromatic carbocycles. The van der Waals surface area contributed by atoms with Crippen LogP contribution in [-0.2, 0) is 37.5 Å². The number of carbonyl (C=O) groups is 1. The number of hydrogen-bond donors (Lipinski definition) is 1. The summed E-state index contributed by atoms with van der Waals surface area (Å²) < 4.78 is 13.0. The molecule has 0 atom stereocenters. The average Bonchev–Trinajstić information content (AvgIpc) is 2.10. The van der Waals surface area contributed by atoms with E-state index in [1.807, 2.05) is 13.8 Å². The molecular formula is C12H16FNOY. The van der Waals surface area contributed by atoms with Gasteiger partial charge in [0, 0.05) is 44.3 Å².